The van der Waals surface area contributed by atoms with E-state index in [4.69, 9.17) is 4.52 Å². The normalized spacial score (nSPS) is 10.3. The predicted molar refractivity (Wildman–Crippen MR) is 64.5 cm³/mol. The van der Waals surface area contributed by atoms with E-state index in [-0.39, 0.29) is 5.91 Å². The van der Waals surface area contributed by atoms with Crippen molar-refractivity contribution in [2.24, 2.45) is 0 Å². The van der Waals surface area contributed by atoms with Crippen LogP contribution in [0.25, 0.3) is 11.5 Å². The molecule has 2 heterocycles. The number of carbonyl (C=O) groups is 1. The molecule has 18 heavy (non-hydrogen) atoms. The SMILES string of the molecule is CN(C)C(=O)CCc1nc(-c2ccccn2)no1. The summed E-state index contributed by atoms with van der Waals surface area (Å²) in [5, 5.41) is 3.84. The van der Waals surface area contributed by atoms with Crippen molar-refractivity contribution in [1.29, 1.82) is 0 Å². The van der Waals surface area contributed by atoms with E-state index in [9.17, 15) is 4.79 Å². The summed E-state index contributed by atoms with van der Waals surface area (Å²) < 4.78 is 5.08. The van der Waals surface area contributed by atoms with Crippen LogP contribution in [0.3, 0.4) is 0 Å². The Morgan fingerprint density at radius 2 is 2.22 bits per heavy atom. The summed E-state index contributed by atoms with van der Waals surface area (Å²) in [6, 6.07) is 5.48. The highest BCUT2D eigenvalue weighted by atomic mass is 16.5. The number of aryl methyl sites for hydroxylation is 1. The van der Waals surface area contributed by atoms with Crippen molar-refractivity contribution in [3.63, 3.8) is 0 Å². The minimum Gasteiger partial charge on any atom is -0.349 e. The molecule has 0 saturated heterocycles. The molecule has 0 saturated carbocycles. The lowest BCUT2D eigenvalue weighted by Gasteiger charge is -2.07. The van der Waals surface area contributed by atoms with Gasteiger partial charge in [0.25, 0.3) is 0 Å². The monoisotopic (exact) mass is 246 g/mol. The summed E-state index contributed by atoms with van der Waals surface area (Å²) in [5.74, 6) is 0.932. The average molecular weight is 246 g/mol. The highest BCUT2D eigenvalue weighted by molar-refractivity contribution is 5.75. The Bertz CT molecular complexity index is 522. The molecule has 94 valence electrons. The number of hydrogen-bond donors (Lipinski definition) is 0. The maximum atomic E-state index is 11.4. The third kappa shape index (κ3) is 2.91. The molecule has 6 heteroatoms. The molecule has 0 radical (unpaired) electrons. The number of nitrogens with zero attached hydrogens (tertiary/aromatic N) is 4. The molecule has 0 unspecified atom stereocenters. The molecule has 0 aliphatic carbocycles. The second kappa shape index (κ2) is 5.39. The quantitative estimate of drug-likeness (QED) is 0.809. The van der Waals surface area contributed by atoms with Crippen LogP contribution in [-0.2, 0) is 11.2 Å². The number of rotatable bonds is 4. The van der Waals surface area contributed by atoms with Gasteiger partial charge in [-0.3, -0.25) is 9.78 Å². The molecule has 0 atom stereocenters. The molecule has 0 aliphatic rings. The van der Waals surface area contributed by atoms with Gasteiger partial charge in [-0.15, -0.1) is 0 Å². The molecular formula is C12H14N4O2. The fourth-order valence-electron chi connectivity index (χ4n) is 1.39. The van der Waals surface area contributed by atoms with Crippen LogP contribution in [0.4, 0.5) is 0 Å². The van der Waals surface area contributed by atoms with Crippen molar-refractivity contribution in [1.82, 2.24) is 20.0 Å². The number of pyridine rings is 1. The van der Waals surface area contributed by atoms with Gasteiger partial charge >= 0.3 is 0 Å². The van der Waals surface area contributed by atoms with Crippen molar-refractivity contribution in [2.45, 2.75) is 12.8 Å². The predicted octanol–water partition coefficient (Wildman–Crippen LogP) is 1.15. The Morgan fingerprint density at radius 1 is 1.39 bits per heavy atom. The number of carbonyl (C=O) groups excluding carboxylic acids is 1. The van der Waals surface area contributed by atoms with Gasteiger partial charge in [0.05, 0.1) is 0 Å². The van der Waals surface area contributed by atoms with E-state index in [0.717, 1.165) is 0 Å². The molecule has 0 spiro atoms. The summed E-state index contributed by atoms with van der Waals surface area (Å²) in [6.45, 7) is 0. The van der Waals surface area contributed by atoms with Gasteiger partial charge in [0.1, 0.15) is 5.69 Å². The molecular weight excluding hydrogens is 232 g/mol. The van der Waals surface area contributed by atoms with Gasteiger partial charge in [0.2, 0.25) is 17.6 Å². The van der Waals surface area contributed by atoms with Crippen LogP contribution in [0.15, 0.2) is 28.9 Å². The molecule has 2 aromatic heterocycles. The van der Waals surface area contributed by atoms with Gasteiger partial charge in [-0.2, -0.15) is 4.98 Å². The zero-order valence-corrected chi connectivity index (χ0v) is 10.3. The first kappa shape index (κ1) is 12.2. The Kier molecular flexibility index (Phi) is 3.66. The largest absolute Gasteiger partial charge is 0.349 e. The van der Waals surface area contributed by atoms with Crippen LogP contribution in [0.2, 0.25) is 0 Å². The van der Waals surface area contributed by atoms with E-state index in [1.807, 2.05) is 12.1 Å². The molecule has 0 bridgehead atoms. The van der Waals surface area contributed by atoms with Crippen LogP contribution in [0.1, 0.15) is 12.3 Å². The van der Waals surface area contributed by atoms with E-state index in [1.165, 1.54) is 4.90 Å². The van der Waals surface area contributed by atoms with Crippen LogP contribution in [-0.4, -0.2) is 40.0 Å². The van der Waals surface area contributed by atoms with Gasteiger partial charge in [-0.05, 0) is 12.1 Å². The lowest BCUT2D eigenvalue weighted by molar-refractivity contribution is -0.128. The molecule has 0 aromatic carbocycles. The van der Waals surface area contributed by atoms with E-state index < -0.39 is 0 Å². The minimum atomic E-state index is 0.0348. The van der Waals surface area contributed by atoms with Gasteiger partial charge in [0, 0.05) is 33.1 Å². The summed E-state index contributed by atoms with van der Waals surface area (Å²) >= 11 is 0. The highest BCUT2D eigenvalue weighted by Crippen LogP contribution is 2.12. The smallest absolute Gasteiger partial charge is 0.227 e. The lowest BCUT2D eigenvalue weighted by Crippen LogP contribution is -2.21. The maximum Gasteiger partial charge on any atom is 0.227 e. The molecule has 0 fully saturated rings. The van der Waals surface area contributed by atoms with Crippen molar-refractivity contribution < 1.29 is 9.32 Å². The van der Waals surface area contributed by atoms with Crippen LogP contribution in [0.5, 0.6) is 0 Å². The van der Waals surface area contributed by atoms with Crippen LogP contribution < -0.4 is 0 Å². The fourth-order valence-corrected chi connectivity index (χ4v) is 1.39. The highest BCUT2D eigenvalue weighted by Gasteiger charge is 2.11. The van der Waals surface area contributed by atoms with Crippen LogP contribution in [0, 0.1) is 0 Å². The fraction of sp³-hybridized carbons (Fsp3) is 0.333. The van der Waals surface area contributed by atoms with Crippen molar-refractivity contribution in [3.8, 4) is 11.5 Å². The van der Waals surface area contributed by atoms with Crippen molar-refractivity contribution in [2.75, 3.05) is 14.1 Å². The second-order valence-electron chi connectivity index (χ2n) is 4.01. The van der Waals surface area contributed by atoms with Gasteiger partial charge < -0.3 is 9.42 Å². The van der Waals surface area contributed by atoms with E-state index in [2.05, 4.69) is 15.1 Å². The van der Waals surface area contributed by atoms with Crippen molar-refractivity contribution in [3.05, 3.63) is 30.3 Å². The van der Waals surface area contributed by atoms with Crippen molar-refractivity contribution >= 4 is 5.91 Å². The number of hydrogen-bond acceptors (Lipinski definition) is 5. The Labute approximate surface area is 105 Å². The zero-order valence-electron chi connectivity index (χ0n) is 10.3. The van der Waals surface area contributed by atoms with E-state index in [0.29, 0.717) is 30.3 Å². The average Bonchev–Trinajstić information content (AvgIpc) is 2.85. The first-order valence-corrected chi connectivity index (χ1v) is 5.61. The Morgan fingerprint density at radius 3 is 2.89 bits per heavy atom. The summed E-state index contributed by atoms with van der Waals surface area (Å²) in [5.41, 5.74) is 0.659. The summed E-state index contributed by atoms with van der Waals surface area (Å²) in [7, 11) is 3.44. The molecule has 1 amide bonds. The molecule has 2 rings (SSSR count). The zero-order chi connectivity index (χ0) is 13.0. The first-order valence-electron chi connectivity index (χ1n) is 5.61. The van der Waals surface area contributed by atoms with Gasteiger partial charge in [0.15, 0.2) is 0 Å². The maximum absolute atomic E-state index is 11.4. The summed E-state index contributed by atoms with van der Waals surface area (Å²) in [4.78, 5) is 21.3. The topological polar surface area (TPSA) is 72.1 Å². The number of amides is 1. The molecule has 6 nitrogen and oxygen atoms in total. The third-order valence-corrected chi connectivity index (χ3v) is 2.41. The summed E-state index contributed by atoms with van der Waals surface area (Å²) in [6.07, 6.45) is 2.47. The standard InChI is InChI=1S/C12H14N4O2/c1-16(2)11(17)7-6-10-14-12(15-18-10)9-5-3-4-8-13-9/h3-5,8H,6-7H2,1-2H3. The van der Waals surface area contributed by atoms with E-state index in [1.54, 1.807) is 26.4 Å². The molecule has 2 aromatic rings. The van der Waals surface area contributed by atoms with Gasteiger partial charge in [-0.1, -0.05) is 11.2 Å². The molecule has 0 N–H and O–H groups in total. The first-order chi connectivity index (χ1) is 8.66. The number of aromatic nitrogens is 3. The van der Waals surface area contributed by atoms with Crippen LogP contribution >= 0.6 is 0 Å². The Balaban J connectivity index is 2.01. The van der Waals surface area contributed by atoms with E-state index >= 15 is 0 Å². The van der Waals surface area contributed by atoms with Gasteiger partial charge in [-0.25, -0.2) is 0 Å². The Hall–Kier alpha value is -2.24. The third-order valence-electron chi connectivity index (χ3n) is 2.41. The lowest BCUT2D eigenvalue weighted by atomic mass is 10.3. The minimum absolute atomic E-state index is 0.0348. The second-order valence-corrected chi connectivity index (χ2v) is 4.01. The molecule has 0 aliphatic heterocycles.